The van der Waals surface area contributed by atoms with Crippen molar-refractivity contribution in [2.45, 2.75) is 19.3 Å². The van der Waals surface area contributed by atoms with Gasteiger partial charge in [-0.1, -0.05) is 44.2 Å². The lowest BCUT2D eigenvalue weighted by Crippen LogP contribution is -2.35. The summed E-state index contributed by atoms with van der Waals surface area (Å²) >= 11 is 0. The van der Waals surface area contributed by atoms with Crippen LogP contribution >= 0.6 is 0 Å². The normalized spacial score (nSPS) is 14.6. The fraction of sp³-hybridized carbons (Fsp3) is 0.462. The molecule has 0 aliphatic carbocycles. The van der Waals surface area contributed by atoms with Crippen LogP contribution in [0.15, 0.2) is 30.3 Å². The van der Waals surface area contributed by atoms with Crippen LogP contribution in [0.3, 0.4) is 0 Å². The molecule has 0 aromatic heterocycles. The predicted molar refractivity (Wildman–Crippen MR) is 60.4 cm³/mol. The van der Waals surface area contributed by atoms with Crippen LogP contribution in [0.1, 0.15) is 19.4 Å². The Hall–Kier alpha value is -1.33. The second-order valence-corrected chi connectivity index (χ2v) is 4.04. The number of benzene rings is 1. The van der Waals surface area contributed by atoms with Gasteiger partial charge < -0.3 is 4.74 Å². The summed E-state index contributed by atoms with van der Waals surface area (Å²) < 4.78 is 5.19. The molecule has 2 heteroatoms. The summed E-state index contributed by atoms with van der Waals surface area (Å²) in [5.41, 5.74) is 0.500. The van der Waals surface area contributed by atoms with Gasteiger partial charge in [0.25, 0.3) is 0 Å². The van der Waals surface area contributed by atoms with E-state index in [-0.39, 0.29) is 5.92 Å². The van der Waals surface area contributed by atoms with Crippen molar-refractivity contribution in [2.24, 2.45) is 5.92 Å². The summed E-state index contributed by atoms with van der Waals surface area (Å²) in [6.07, 6.45) is 0. The van der Waals surface area contributed by atoms with E-state index in [4.69, 9.17) is 4.74 Å². The SMILES string of the molecule is COCC(C#N)(c1ccccc1)C(C)C. The van der Waals surface area contributed by atoms with Crippen molar-refractivity contribution in [3.63, 3.8) is 0 Å². The van der Waals surface area contributed by atoms with Crippen molar-refractivity contribution in [3.05, 3.63) is 35.9 Å². The average molecular weight is 203 g/mol. The molecule has 0 heterocycles. The maximum absolute atomic E-state index is 9.40. The molecule has 2 nitrogen and oxygen atoms in total. The molecule has 0 amide bonds. The number of ether oxygens (including phenoxy) is 1. The van der Waals surface area contributed by atoms with Crippen LogP contribution in [-0.2, 0) is 10.2 Å². The molecule has 1 rings (SSSR count). The number of hydrogen-bond donors (Lipinski definition) is 0. The van der Waals surface area contributed by atoms with Gasteiger partial charge in [0.15, 0.2) is 0 Å². The van der Waals surface area contributed by atoms with Gasteiger partial charge in [0.1, 0.15) is 5.41 Å². The molecule has 0 saturated heterocycles. The molecular weight excluding hydrogens is 186 g/mol. The van der Waals surface area contributed by atoms with E-state index in [1.165, 1.54) is 0 Å². The summed E-state index contributed by atoms with van der Waals surface area (Å²) in [7, 11) is 1.64. The van der Waals surface area contributed by atoms with Gasteiger partial charge in [-0.3, -0.25) is 0 Å². The Labute approximate surface area is 91.5 Å². The Kier molecular flexibility index (Phi) is 3.88. The van der Waals surface area contributed by atoms with E-state index in [2.05, 4.69) is 19.9 Å². The minimum atomic E-state index is -0.532. The van der Waals surface area contributed by atoms with Gasteiger partial charge in [0.2, 0.25) is 0 Å². The first-order valence-electron chi connectivity index (χ1n) is 5.13. The minimum absolute atomic E-state index is 0.227. The zero-order chi connectivity index (χ0) is 11.3. The monoisotopic (exact) mass is 203 g/mol. The molecule has 0 fully saturated rings. The highest BCUT2D eigenvalue weighted by atomic mass is 16.5. The molecule has 0 aliphatic heterocycles. The highest BCUT2D eigenvalue weighted by molar-refractivity contribution is 5.33. The van der Waals surface area contributed by atoms with Gasteiger partial charge in [0.05, 0.1) is 12.7 Å². The standard InChI is InChI=1S/C13H17NO/c1-11(2)13(9-14,10-15-3)12-7-5-4-6-8-12/h4-8,11H,10H2,1-3H3. The quantitative estimate of drug-likeness (QED) is 0.753. The van der Waals surface area contributed by atoms with Crippen LogP contribution < -0.4 is 0 Å². The van der Waals surface area contributed by atoms with Crippen LogP contribution in [0.4, 0.5) is 0 Å². The number of rotatable bonds is 4. The Balaban J connectivity index is 3.17. The van der Waals surface area contributed by atoms with Crippen molar-refractivity contribution in [3.8, 4) is 6.07 Å². The van der Waals surface area contributed by atoms with E-state index in [9.17, 15) is 5.26 Å². The molecule has 1 atom stereocenters. The molecule has 0 bridgehead atoms. The second kappa shape index (κ2) is 4.95. The van der Waals surface area contributed by atoms with Gasteiger partial charge in [-0.25, -0.2) is 0 Å². The molecule has 0 radical (unpaired) electrons. The third-order valence-corrected chi connectivity index (χ3v) is 2.85. The molecule has 1 aromatic rings. The van der Waals surface area contributed by atoms with E-state index < -0.39 is 5.41 Å². The van der Waals surface area contributed by atoms with Crippen LogP contribution in [0.25, 0.3) is 0 Å². The summed E-state index contributed by atoms with van der Waals surface area (Å²) in [5, 5.41) is 9.40. The first-order valence-corrected chi connectivity index (χ1v) is 5.13. The van der Waals surface area contributed by atoms with E-state index >= 15 is 0 Å². The number of methoxy groups -OCH3 is 1. The van der Waals surface area contributed by atoms with E-state index in [0.29, 0.717) is 6.61 Å². The number of nitriles is 1. The average Bonchev–Trinajstić information content (AvgIpc) is 2.26. The third-order valence-electron chi connectivity index (χ3n) is 2.85. The van der Waals surface area contributed by atoms with Crippen molar-refractivity contribution in [1.29, 1.82) is 5.26 Å². The highest BCUT2D eigenvalue weighted by Crippen LogP contribution is 2.31. The topological polar surface area (TPSA) is 33.0 Å². The molecule has 0 spiro atoms. The smallest absolute Gasteiger partial charge is 0.108 e. The largest absolute Gasteiger partial charge is 0.383 e. The molecular formula is C13H17NO. The molecule has 0 aliphatic rings. The van der Waals surface area contributed by atoms with Crippen LogP contribution in [0, 0.1) is 17.2 Å². The zero-order valence-corrected chi connectivity index (χ0v) is 9.53. The lowest BCUT2D eigenvalue weighted by molar-refractivity contribution is 0.131. The fourth-order valence-electron chi connectivity index (χ4n) is 1.77. The number of hydrogen-bond acceptors (Lipinski definition) is 2. The van der Waals surface area contributed by atoms with Crippen molar-refractivity contribution >= 4 is 0 Å². The molecule has 80 valence electrons. The first-order chi connectivity index (χ1) is 7.17. The molecule has 0 N–H and O–H groups in total. The summed E-state index contributed by atoms with van der Waals surface area (Å²) in [4.78, 5) is 0. The van der Waals surface area contributed by atoms with Gasteiger partial charge in [-0.15, -0.1) is 0 Å². The highest BCUT2D eigenvalue weighted by Gasteiger charge is 2.35. The second-order valence-electron chi connectivity index (χ2n) is 4.04. The van der Waals surface area contributed by atoms with Crippen LogP contribution in [-0.4, -0.2) is 13.7 Å². The Morgan fingerprint density at radius 3 is 2.33 bits per heavy atom. The van der Waals surface area contributed by atoms with Gasteiger partial charge >= 0.3 is 0 Å². The maximum Gasteiger partial charge on any atom is 0.108 e. The number of nitrogens with zero attached hydrogens (tertiary/aromatic N) is 1. The Morgan fingerprint density at radius 1 is 1.33 bits per heavy atom. The van der Waals surface area contributed by atoms with E-state index in [1.54, 1.807) is 7.11 Å². The lowest BCUT2D eigenvalue weighted by atomic mass is 9.73. The summed E-state index contributed by atoms with van der Waals surface area (Å²) in [6, 6.07) is 12.3. The van der Waals surface area contributed by atoms with Crippen molar-refractivity contribution < 1.29 is 4.74 Å². The third kappa shape index (κ3) is 2.19. The van der Waals surface area contributed by atoms with Crippen LogP contribution in [0.5, 0.6) is 0 Å². The molecule has 15 heavy (non-hydrogen) atoms. The molecule has 0 saturated carbocycles. The lowest BCUT2D eigenvalue weighted by Gasteiger charge is -2.30. The molecule has 1 unspecified atom stereocenters. The van der Waals surface area contributed by atoms with Gasteiger partial charge in [-0.05, 0) is 11.5 Å². The van der Waals surface area contributed by atoms with Gasteiger partial charge in [-0.2, -0.15) is 5.26 Å². The maximum atomic E-state index is 9.40. The molecule has 1 aromatic carbocycles. The predicted octanol–water partition coefficient (Wildman–Crippen LogP) is 2.75. The van der Waals surface area contributed by atoms with Crippen molar-refractivity contribution in [1.82, 2.24) is 0 Å². The van der Waals surface area contributed by atoms with Gasteiger partial charge in [0, 0.05) is 7.11 Å². The Morgan fingerprint density at radius 2 is 1.93 bits per heavy atom. The van der Waals surface area contributed by atoms with Crippen LogP contribution in [0.2, 0.25) is 0 Å². The van der Waals surface area contributed by atoms with E-state index in [1.807, 2.05) is 30.3 Å². The minimum Gasteiger partial charge on any atom is -0.383 e. The summed E-state index contributed by atoms with van der Waals surface area (Å²) in [5.74, 6) is 0.227. The van der Waals surface area contributed by atoms with Crippen molar-refractivity contribution in [2.75, 3.05) is 13.7 Å². The van der Waals surface area contributed by atoms with E-state index in [0.717, 1.165) is 5.56 Å². The summed E-state index contributed by atoms with van der Waals surface area (Å²) in [6.45, 7) is 4.54. The Bertz CT molecular complexity index is 339. The fourth-order valence-corrected chi connectivity index (χ4v) is 1.77. The zero-order valence-electron chi connectivity index (χ0n) is 9.53. The first kappa shape index (κ1) is 11.7.